The van der Waals surface area contributed by atoms with Gasteiger partial charge in [0.05, 0.1) is 29.9 Å². The van der Waals surface area contributed by atoms with Crippen molar-refractivity contribution in [2.75, 3.05) is 31.8 Å². The van der Waals surface area contributed by atoms with Crippen LogP contribution in [0.25, 0.3) is 0 Å². The van der Waals surface area contributed by atoms with Gasteiger partial charge in [-0.3, -0.25) is 10.1 Å². The van der Waals surface area contributed by atoms with Crippen molar-refractivity contribution >= 4 is 11.4 Å². The van der Waals surface area contributed by atoms with Gasteiger partial charge in [-0.25, -0.2) is 5.43 Å². The normalized spacial score (nSPS) is 10.1. The lowest BCUT2D eigenvalue weighted by Crippen LogP contribution is -2.25. The van der Waals surface area contributed by atoms with Gasteiger partial charge in [-0.1, -0.05) is 0 Å². The summed E-state index contributed by atoms with van der Waals surface area (Å²) in [7, 11) is 0. The van der Waals surface area contributed by atoms with Gasteiger partial charge in [-0.05, 0) is 6.07 Å². The molecule has 0 atom stereocenters. The maximum absolute atomic E-state index is 10.6. The molecule has 0 saturated carbocycles. The number of non-ortho nitro benzene ring substituents is 1. The third-order valence-corrected chi connectivity index (χ3v) is 1.98. The number of anilines is 1. The molecule has 0 aliphatic rings. The van der Waals surface area contributed by atoms with Crippen molar-refractivity contribution < 1.29 is 19.9 Å². The molecule has 0 fully saturated rings. The molecule has 0 bridgehead atoms. The molecule has 0 amide bonds. The van der Waals surface area contributed by atoms with E-state index in [1.807, 2.05) is 0 Å². The zero-order chi connectivity index (χ0) is 13.4. The number of hydrazine groups is 1. The van der Waals surface area contributed by atoms with Crippen LogP contribution >= 0.6 is 0 Å². The molecule has 0 heterocycles. The van der Waals surface area contributed by atoms with Crippen LogP contribution in [0.2, 0.25) is 0 Å². The summed E-state index contributed by atoms with van der Waals surface area (Å²) < 4.78 is 5.19. The van der Waals surface area contributed by atoms with E-state index in [4.69, 9.17) is 14.9 Å². The topological polar surface area (TPSA) is 117 Å². The van der Waals surface area contributed by atoms with E-state index in [0.29, 0.717) is 12.2 Å². The molecular formula is C10H15N3O5. The molecule has 1 aromatic carbocycles. The number of hydrogen-bond acceptors (Lipinski definition) is 7. The third kappa shape index (κ3) is 4.17. The van der Waals surface area contributed by atoms with Crippen LogP contribution in [0.5, 0.6) is 5.75 Å². The fourth-order valence-corrected chi connectivity index (χ4v) is 1.22. The number of aliphatic hydroxyl groups is 2. The predicted octanol–water partition coefficient (Wildman–Crippen LogP) is -0.125. The Hall–Kier alpha value is -1.90. The number of aliphatic hydroxyl groups excluding tert-OH is 2. The fraction of sp³-hybridized carbons (Fsp3) is 0.400. The Morgan fingerprint density at radius 1 is 1.33 bits per heavy atom. The lowest BCUT2D eigenvalue weighted by molar-refractivity contribution is -0.384. The molecule has 0 saturated heterocycles. The van der Waals surface area contributed by atoms with E-state index in [0.717, 1.165) is 0 Å². The van der Waals surface area contributed by atoms with E-state index in [1.165, 1.54) is 18.2 Å². The molecule has 0 spiro atoms. The highest BCUT2D eigenvalue weighted by molar-refractivity contribution is 5.60. The minimum absolute atomic E-state index is 0.0375. The third-order valence-electron chi connectivity index (χ3n) is 1.98. The molecule has 8 heteroatoms. The second-order valence-corrected chi connectivity index (χ2v) is 3.29. The van der Waals surface area contributed by atoms with E-state index < -0.39 is 4.92 Å². The van der Waals surface area contributed by atoms with Gasteiger partial charge in [0.15, 0.2) is 5.75 Å². The van der Waals surface area contributed by atoms with Crippen molar-refractivity contribution in [1.29, 1.82) is 0 Å². The summed E-state index contributed by atoms with van der Waals surface area (Å²) in [5, 5.41) is 27.9. The number of ether oxygens (including phenoxy) is 1. The van der Waals surface area contributed by atoms with Crippen LogP contribution in [-0.4, -0.2) is 41.5 Å². The van der Waals surface area contributed by atoms with Crippen LogP contribution in [0, 0.1) is 10.1 Å². The van der Waals surface area contributed by atoms with Crippen LogP contribution in [0.3, 0.4) is 0 Å². The molecule has 1 aromatic rings. The second kappa shape index (κ2) is 7.43. The standard InChI is InChI=1S/C10H15N3O5/c14-4-3-11-12-9-2-1-8(13(16)17)7-10(9)18-6-5-15/h1-2,7,11-12,14-15H,3-6H2. The summed E-state index contributed by atoms with van der Waals surface area (Å²) >= 11 is 0. The average molecular weight is 257 g/mol. The molecule has 0 aromatic heterocycles. The minimum Gasteiger partial charge on any atom is -0.489 e. The van der Waals surface area contributed by atoms with E-state index in [-0.39, 0.29) is 31.3 Å². The Bertz CT molecular complexity index is 399. The van der Waals surface area contributed by atoms with Crippen LogP contribution in [0.1, 0.15) is 0 Å². The highest BCUT2D eigenvalue weighted by Gasteiger charge is 2.11. The van der Waals surface area contributed by atoms with Crippen molar-refractivity contribution in [3.8, 4) is 5.75 Å². The number of benzene rings is 1. The van der Waals surface area contributed by atoms with E-state index in [2.05, 4.69) is 10.9 Å². The van der Waals surface area contributed by atoms with E-state index in [1.54, 1.807) is 0 Å². The van der Waals surface area contributed by atoms with Gasteiger partial charge < -0.3 is 20.4 Å². The smallest absolute Gasteiger partial charge is 0.273 e. The molecule has 1 rings (SSSR count). The van der Waals surface area contributed by atoms with E-state index >= 15 is 0 Å². The van der Waals surface area contributed by atoms with Crippen LogP contribution in [0.4, 0.5) is 11.4 Å². The maximum atomic E-state index is 10.6. The molecule has 0 aliphatic carbocycles. The maximum Gasteiger partial charge on any atom is 0.273 e. The number of nitrogens with zero attached hydrogens (tertiary/aromatic N) is 1. The van der Waals surface area contributed by atoms with Gasteiger partial charge in [-0.2, -0.15) is 0 Å². The first-order valence-corrected chi connectivity index (χ1v) is 5.31. The largest absolute Gasteiger partial charge is 0.489 e. The first kappa shape index (κ1) is 14.2. The van der Waals surface area contributed by atoms with Gasteiger partial charge in [0, 0.05) is 12.6 Å². The summed E-state index contributed by atoms with van der Waals surface area (Å²) in [5.41, 5.74) is 5.84. The molecule has 100 valence electrons. The van der Waals surface area contributed by atoms with Gasteiger partial charge in [0.1, 0.15) is 6.61 Å². The van der Waals surface area contributed by atoms with Crippen LogP contribution < -0.4 is 15.6 Å². The van der Waals surface area contributed by atoms with Gasteiger partial charge in [-0.15, -0.1) is 0 Å². The molecule has 8 nitrogen and oxygen atoms in total. The van der Waals surface area contributed by atoms with Gasteiger partial charge in [0.25, 0.3) is 5.69 Å². The summed E-state index contributed by atoms with van der Waals surface area (Å²) in [4.78, 5) is 10.1. The number of hydrogen-bond donors (Lipinski definition) is 4. The van der Waals surface area contributed by atoms with Crippen molar-refractivity contribution in [1.82, 2.24) is 5.43 Å². The molecular weight excluding hydrogens is 242 g/mol. The first-order valence-electron chi connectivity index (χ1n) is 5.31. The molecule has 0 radical (unpaired) electrons. The van der Waals surface area contributed by atoms with Crippen LogP contribution in [0.15, 0.2) is 18.2 Å². The molecule has 18 heavy (non-hydrogen) atoms. The lowest BCUT2D eigenvalue weighted by atomic mass is 10.2. The van der Waals surface area contributed by atoms with E-state index in [9.17, 15) is 10.1 Å². The van der Waals surface area contributed by atoms with Gasteiger partial charge in [0.2, 0.25) is 0 Å². The highest BCUT2D eigenvalue weighted by atomic mass is 16.6. The Balaban J connectivity index is 2.82. The quantitative estimate of drug-likeness (QED) is 0.291. The molecule has 0 unspecified atom stereocenters. The summed E-state index contributed by atoms with van der Waals surface area (Å²) in [6.45, 7) is 0.116. The number of nitro benzene ring substituents is 1. The van der Waals surface area contributed by atoms with Crippen molar-refractivity contribution in [2.24, 2.45) is 0 Å². The first-order chi connectivity index (χ1) is 8.69. The zero-order valence-corrected chi connectivity index (χ0v) is 9.63. The van der Waals surface area contributed by atoms with Crippen molar-refractivity contribution in [3.63, 3.8) is 0 Å². The van der Waals surface area contributed by atoms with Gasteiger partial charge >= 0.3 is 0 Å². The Kier molecular flexibility index (Phi) is 5.85. The van der Waals surface area contributed by atoms with Crippen molar-refractivity contribution in [2.45, 2.75) is 0 Å². The Morgan fingerprint density at radius 2 is 2.11 bits per heavy atom. The second-order valence-electron chi connectivity index (χ2n) is 3.29. The summed E-state index contributed by atoms with van der Waals surface area (Å²) in [6.07, 6.45) is 0. The highest BCUT2D eigenvalue weighted by Crippen LogP contribution is 2.28. The summed E-state index contributed by atoms with van der Waals surface area (Å²) in [5.74, 6) is 0.253. The Morgan fingerprint density at radius 3 is 2.72 bits per heavy atom. The average Bonchev–Trinajstić information content (AvgIpc) is 2.37. The zero-order valence-electron chi connectivity index (χ0n) is 9.63. The SMILES string of the molecule is O=[N+]([O-])c1ccc(NNCCO)c(OCCO)c1. The number of nitrogens with one attached hydrogen (secondary N) is 2. The molecule has 4 N–H and O–H groups in total. The Labute approximate surface area is 103 Å². The number of nitro groups is 1. The summed E-state index contributed by atoms with van der Waals surface area (Å²) in [6, 6.07) is 4.07. The minimum atomic E-state index is -0.531. The lowest BCUT2D eigenvalue weighted by Gasteiger charge is -2.12. The van der Waals surface area contributed by atoms with Crippen molar-refractivity contribution in [3.05, 3.63) is 28.3 Å². The predicted molar refractivity (Wildman–Crippen MR) is 64.4 cm³/mol. The molecule has 0 aliphatic heterocycles. The number of rotatable bonds is 8. The monoisotopic (exact) mass is 257 g/mol. The van der Waals surface area contributed by atoms with Crippen LogP contribution in [-0.2, 0) is 0 Å². The fourth-order valence-electron chi connectivity index (χ4n) is 1.22.